The molecule has 0 aromatic carbocycles. The maximum Gasteiger partial charge on any atom is 0.150 e. The van der Waals surface area contributed by atoms with Gasteiger partial charge in [0, 0.05) is 31.1 Å². The van der Waals surface area contributed by atoms with Crippen LogP contribution in [0.4, 0.5) is 0 Å². The summed E-state index contributed by atoms with van der Waals surface area (Å²) >= 11 is 0. The van der Waals surface area contributed by atoms with E-state index in [0.29, 0.717) is 6.42 Å². The van der Waals surface area contributed by atoms with E-state index >= 15 is 0 Å². The zero-order valence-electron chi connectivity index (χ0n) is 12.5. The molecule has 0 radical (unpaired) electrons. The Morgan fingerprint density at radius 3 is 2.80 bits per heavy atom. The molecule has 1 saturated carbocycles. The second-order valence-corrected chi connectivity index (χ2v) is 8.29. The van der Waals surface area contributed by atoms with Crippen molar-refractivity contribution in [2.24, 2.45) is 18.7 Å². The number of hydrogen-bond donors (Lipinski definition) is 1. The first-order valence-corrected chi connectivity index (χ1v) is 9.25. The van der Waals surface area contributed by atoms with Crippen molar-refractivity contribution < 1.29 is 8.42 Å². The number of rotatable bonds is 4. The Labute approximate surface area is 121 Å². The van der Waals surface area contributed by atoms with Crippen molar-refractivity contribution >= 4 is 9.84 Å². The molecule has 20 heavy (non-hydrogen) atoms. The van der Waals surface area contributed by atoms with Gasteiger partial charge in [-0.15, -0.1) is 0 Å². The molecule has 0 spiro atoms. The molecule has 3 unspecified atom stereocenters. The van der Waals surface area contributed by atoms with Crippen LogP contribution in [0.3, 0.4) is 0 Å². The van der Waals surface area contributed by atoms with Gasteiger partial charge in [0.05, 0.1) is 10.9 Å². The standard InChI is InChI=1S/C14H25N3O2S/c1-4-13-12(9-17(2)16-13)14(15)10-6-5-7-11(8-10)20(3,18)19/h9-11,14H,4-8,15H2,1-3H3. The van der Waals surface area contributed by atoms with Crippen LogP contribution in [0, 0.1) is 5.92 Å². The van der Waals surface area contributed by atoms with E-state index in [-0.39, 0.29) is 17.2 Å². The summed E-state index contributed by atoms with van der Waals surface area (Å²) in [6.45, 7) is 2.07. The predicted molar refractivity (Wildman–Crippen MR) is 80.1 cm³/mol. The number of nitrogens with zero attached hydrogens (tertiary/aromatic N) is 2. The highest BCUT2D eigenvalue weighted by Gasteiger charge is 2.33. The van der Waals surface area contributed by atoms with E-state index in [1.807, 2.05) is 13.2 Å². The SMILES string of the molecule is CCc1nn(C)cc1C(N)C1CCCC(S(C)(=O)=O)C1. The number of sulfone groups is 1. The van der Waals surface area contributed by atoms with Gasteiger partial charge in [-0.3, -0.25) is 4.68 Å². The number of hydrogen-bond acceptors (Lipinski definition) is 4. The Kier molecular flexibility index (Phi) is 4.54. The number of aromatic nitrogens is 2. The molecular formula is C14H25N3O2S. The minimum Gasteiger partial charge on any atom is -0.324 e. The monoisotopic (exact) mass is 299 g/mol. The van der Waals surface area contributed by atoms with E-state index in [1.165, 1.54) is 6.26 Å². The molecule has 114 valence electrons. The minimum atomic E-state index is -2.96. The summed E-state index contributed by atoms with van der Waals surface area (Å²) < 4.78 is 25.3. The average Bonchev–Trinajstić information content (AvgIpc) is 2.78. The molecule has 1 heterocycles. The molecule has 6 heteroatoms. The average molecular weight is 299 g/mol. The number of nitrogens with two attached hydrogens (primary N) is 1. The van der Waals surface area contributed by atoms with E-state index in [2.05, 4.69) is 12.0 Å². The van der Waals surface area contributed by atoms with Crippen molar-refractivity contribution in [1.82, 2.24) is 9.78 Å². The molecule has 0 amide bonds. The zero-order chi connectivity index (χ0) is 14.9. The van der Waals surface area contributed by atoms with Gasteiger partial charge in [-0.25, -0.2) is 8.42 Å². The minimum absolute atomic E-state index is 0.108. The van der Waals surface area contributed by atoms with Gasteiger partial charge in [-0.2, -0.15) is 5.10 Å². The summed E-state index contributed by atoms with van der Waals surface area (Å²) in [6, 6.07) is -0.108. The van der Waals surface area contributed by atoms with Crippen LogP contribution in [0.25, 0.3) is 0 Å². The second kappa shape index (κ2) is 5.85. The van der Waals surface area contributed by atoms with Gasteiger partial charge in [0.15, 0.2) is 0 Å². The van der Waals surface area contributed by atoms with Crippen LogP contribution in [-0.4, -0.2) is 29.7 Å². The van der Waals surface area contributed by atoms with Crippen LogP contribution in [0.2, 0.25) is 0 Å². The molecular weight excluding hydrogens is 274 g/mol. The van der Waals surface area contributed by atoms with E-state index in [4.69, 9.17) is 5.73 Å². The van der Waals surface area contributed by atoms with Crippen LogP contribution >= 0.6 is 0 Å². The van der Waals surface area contributed by atoms with Gasteiger partial charge in [-0.1, -0.05) is 13.3 Å². The molecule has 1 aliphatic rings. The van der Waals surface area contributed by atoms with Crippen molar-refractivity contribution in [3.05, 3.63) is 17.5 Å². The van der Waals surface area contributed by atoms with Gasteiger partial charge in [0.1, 0.15) is 9.84 Å². The lowest BCUT2D eigenvalue weighted by molar-refractivity contribution is 0.308. The van der Waals surface area contributed by atoms with Crippen molar-refractivity contribution in [2.45, 2.75) is 50.3 Å². The Bertz CT molecular complexity index is 565. The molecule has 0 saturated heterocycles. The first kappa shape index (κ1) is 15.5. The predicted octanol–water partition coefficient (Wildman–Crippen LogP) is 1.59. The molecule has 1 aliphatic carbocycles. The van der Waals surface area contributed by atoms with Gasteiger partial charge in [-0.05, 0) is 31.6 Å². The summed E-state index contributed by atoms with van der Waals surface area (Å²) in [5, 5.41) is 4.20. The maximum absolute atomic E-state index is 11.8. The number of aryl methyl sites for hydroxylation is 2. The molecule has 1 aromatic heterocycles. The third-order valence-corrected chi connectivity index (χ3v) is 6.05. The Balaban J connectivity index is 2.18. The summed E-state index contributed by atoms with van der Waals surface area (Å²) in [5.74, 6) is 0.234. The lowest BCUT2D eigenvalue weighted by Crippen LogP contribution is -2.33. The fraction of sp³-hybridized carbons (Fsp3) is 0.786. The van der Waals surface area contributed by atoms with Crippen molar-refractivity contribution in [2.75, 3.05) is 6.26 Å². The van der Waals surface area contributed by atoms with Crippen LogP contribution in [0.15, 0.2) is 6.20 Å². The summed E-state index contributed by atoms with van der Waals surface area (Å²) in [5.41, 5.74) is 8.52. The Morgan fingerprint density at radius 1 is 1.50 bits per heavy atom. The Hall–Kier alpha value is -0.880. The van der Waals surface area contributed by atoms with Crippen molar-refractivity contribution in [1.29, 1.82) is 0 Å². The molecule has 0 bridgehead atoms. The summed E-state index contributed by atoms with van der Waals surface area (Å²) in [4.78, 5) is 0. The highest BCUT2D eigenvalue weighted by atomic mass is 32.2. The van der Waals surface area contributed by atoms with Crippen LogP contribution in [0.1, 0.15) is 49.9 Å². The molecule has 1 fully saturated rings. The second-order valence-electron chi connectivity index (χ2n) is 5.96. The molecule has 2 N–H and O–H groups in total. The largest absolute Gasteiger partial charge is 0.324 e. The van der Waals surface area contributed by atoms with Crippen LogP contribution < -0.4 is 5.73 Å². The Morgan fingerprint density at radius 2 is 2.20 bits per heavy atom. The lowest BCUT2D eigenvalue weighted by atomic mass is 9.81. The van der Waals surface area contributed by atoms with Crippen LogP contribution in [-0.2, 0) is 23.3 Å². The quantitative estimate of drug-likeness (QED) is 0.915. The highest BCUT2D eigenvalue weighted by molar-refractivity contribution is 7.91. The van der Waals surface area contributed by atoms with Crippen LogP contribution in [0.5, 0.6) is 0 Å². The summed E-state index contributed by atoms with van der Waals surface area (Å²) in [7, 11) is -1.06. The first-order chi connectivity index (χ1) is 9.32. The van der Waals surface area contributed by atoms with Gasteiger partial charge in [0.25, 0.3) is 0 Å². The molecule has 2 rings (SSSR count). The normalized spacial score (nSPS) is 25.6. The topological polar surface area (TPSA) is 78.0 Å². The summed E-state index contributed by atoms with van der Waals surface area (Å²) in [6.07, 6.45) is 7.57. The maximum atomic E-state index is 11.8. The van der Waals surface area contributed by atoms with E-state index in [1.54, 1.807) is 4.68 Å². The van der Waals surface area contributed by atoms with E-state index < -0.39 is 9.84 Å². The van der Waals surface area contributed by atoms with Gasteiger partial charge < -0.3 is 5.73 Å². The van der Waals surface area contributed by atoms with Crippen molar-refractivity contribution in [3.8, 4) is 0 Å². The van der Waals surface area contributed by atoms with Crippen molar-refractivity contribution in [3.63, 3.8) is 0 Å². The van der Waals surface area contributed by atoms with E-state index in [9.17, 15) is 8.42 Å². The molecule has 1 aromatic rings. The molecule has 5 nitrogen and oxygen atoms in total. The smallest absolute Gasteiger partial charge is 0.150 e. The van der Waals surface area contributed by atoms with E-state index in [0.717, 1.165) is 36.9 Å². The van der Waals surface area contributed by atoms with Gasteiger partial charge in [0.2, 0.25) is 0 Å². The molecule has 3 atom stereocenters. The van der Waals surface area contributed by atoms with Gasteiger partial charge >= 0.3 is 0 Å². The molecule has 0 aliphatic heterocycles. The fourth-order valence-corrected chi connectivity index (χ4v) is 4.45. The third kappa shape index (κ3) is 3.23. The zero-order valence-corrected chi connectivity index (χ0v) is 13.4. The lowest BCUT2D eigenvalue weighted by Gasteiger charge is -2.32. The third-order valence-electron chi connectivity index (χ3n) is 4.41. The first-order valence-electron chi connectivity index (χ1n) is 7.29. The highest BCUT2D eigenvalue weighted by Crippen LogP contribution is 2.36. The fourth-order valence-electron chi connectivity index (χ4n) is 3.26.